The van der Waals surface area contributed by atoms with Gasteiger partial charge in [0.2, 0.25) is 0 Å². The zero-order chi connectivity index (χ0) is 24.0. The Kier molecular flexibility index (Phi) is 5.06. The van der Waals surface area contributed by atoms with Gasteiger partial charge in [0.15, 0.2) is 0 Å². The molecule has 34 heavy (non-hydrogen) atoms. The van der Waals surface area contributed by atoms with Crippen LogP contribution in [0.1, 0.15) is 37.6 Å². The molecule has 6 nitrogen and oxygen atoms in total. The molecule has 4 aromatic rings. The molecule has 0 unspecified atom stereocenters. The summed E-state index contributed by atoms with van der Waals surface area (Å²) in [5, 5.41) is 9.43. The molecular weight excluding hydrogens is 422 g/mol. The molecule has 1 aromatic carbocycles. The molecule has 0 N–H and O–H groups in total. The fourth-order valence-electron chi connectivity index (χ4n) is 4.35. The highest BCUT2D eigenvalue weighted by Crippen LogP contribution is 2.30. The van der Waals surface area contributed by atoms with Crippen molar-refractivity contribution in [3.05, 3.63) is 93.9 Å². The van der Waals surface area contributed by atoms with Crippen LogP contribution in [0, 0.1) is 11.3 Å². The summed E-state index contributed by atoms with van der Waals surface area (Å²) >= 11 is 0. The normalized spacial score (nSPS) is 12.9. The van der Waals surface area contributed by atoms with Crippen LogP contribution in [0.4, 0.5) is 0 Å². The Hall–Kier alpha value is -4.24. The SMILES string of the molecule is CC1=Cc2cc(-c3ccnc(-c4cn(C)c(=O)n4-c4ccc(C(C)(C)C#N)cc4)c3)cnc2C1. The molecule has 0 saturated carbocycles. The molecular formula is C28H25N5O. The molecule has 0 fully saturated rings. The fourth-order valence-corrected chi connectivity index (χ4v) is 4.35. The van der Waals surface area contributed by atoms with Crippen molar-refractivity contribution >= 4 is 6.08 Å². The number of pyridine rings is 2. The van der Waals surface area contributed by atoms with Crippen molar-refractivity contribution in [3.63, 3.8) is 0 Å². The summed E-state index contributed by atoms with van der Waals surface area (Å²) < 4.78 is 3.21. The number of aromatic nitrogens is 4. The van der Waals surface area contributed by atoms with E-state index in [2.05, 4.69) is 35.1 Å². The first-order valence-corrected chi connectivity index (χ1v) is 11.2. The third-order valence-electron chi connectivity index (χ3n) is 6.38. The quantitative estimate of drug-likeness (QED) is 0.438. The molecule has 0 aliphatic heterocycles. The summed E-state index contributed by atoms with van der Waals surface area (Å²) in [6, 6.07) is 16.0. The van der Waals surface area contributed by atoms with E-state index in [-0.39, 0.29) is 5.69 Å². The summed E-state index contributed by atoms with van der Waals surface area (Å²) in [7, 11) is 1.73. The van der Waals surface area contributed by atoms with E-state index >= 15 is 0 Å². The van der Waals surface area contributed by atoms with Crippen LogP contribution < -0.4 is 5.69 Å². The van der Waals surface area contributed by atoms with Crippen molar-refractivity contribution in [2.45, 2.75) is 32.6 Å². The van der Waals surface area contributed by atoms with Gasteiger partial charge < -0.3 is 4.57 Å². The maximum atomic E-state index is 13.0. The van der Waals surface area contributed by atoms with Crippen LogP contribution in [-0.4, -0.2) is 19.1 Å². The van der Waals surface area contributed by atoms with Crippen molar-refractivity contribution in [3.8, 4) is 34.3 Å². The van der Waals surface area contributed by atoms with Crippen molar-refractivity contribution in [1.82, 2.24) is 19.1 Å². The standard InChI is InChI=1S/C28H25N5O/c1-18-11-20-13-21(15-31-24(20)12-18)19-9-10-30-25(14-19)26-16-32(4)27(34)33(26)23-7-5-22(6-8-23)28(2,3)17-29/h5-11,13-16H,12H2,1-4H3. The number of allylic oxidation sites excluding steroid dienone is 1. The molecule has 0 saturated heterocycles. The highest BCUT2D eigenvalue weighted by atomic mass is 16.1. The van der Waals surface area contributed by atoms with E-state index in [1.807, 2.05) is 56.4 Å². The number of nitriles is 1. The van der Waals surface area contributed by atoms with Crippen LogP contribution in [0.15, 0.2) is 71.4 Å². The van der Waals surface area contributed by atoms with Crippen LogP contribution in [0.5, 0.6) is 0 Å². The number of fused-ring (bicyclic) bond motifs is 1. The number of hydrogen-bond donors (Lipinski definition) is 0. The highest BCUT2D eigenvalue weighted by molar-refractivity contribution is 5.73. The van der Waals surface area contributed by atoms with Crippen LogP contribution in [-0.2, 0) is 18.9 Å². The van der Waals surface area contributed by atoms with Gasteiger partial charge in [0.1, 0.15) is 0 Å². The topological polar surface area (TPSA) is 76.5 Å². The molecule has 3 heterocycles. The Morgan fingerprint density at radius 2 is 1.82 bits per heavy atom. The minimum absolute atomic E-state index is 0.158. The lowest BCUT2D eigenvalue weighted by Crippen LogP contribution is -2.21. The largest absolute Gasteiger partial charge is 0.333 e. The number of aryl methyl sites for hydroxylation is 1. The maximum Gasteiger partial charge on any atom is 0.333 e. The summed E-state index contributed by atoms with van der Waals surface area (Å²) in [4.78, 5) is 22.3. The second-order valence-electron chi connectivity index (χ2n) is 9.38. The average Bonchev–Trinajstić information content (AvgIpc) is 3.36. The first-order chi connectivity index (χ1) is 16.3. The Bertz CT molecular complexity index is 1550. The van der Waals surface area contributed by atoms with Gasteiger partial charge in [-0.1, -0.05) is 23.8 Å². The minimum atomic E-state index is -0.601. The number of rotatable bonds is 4. The van der Waals surface area contributed by atoms with Crippen molar-refractivity contribution in [2.75, 3.05) is 0 Å². The maximum absolute atomic E-state index is 13.0. The third-order valence-corrected chi connectivity index (χ3v) is 6.38. The molecule has 1 aliphatic rings. The predicted octanol–water partition coefficient (Wildman–Crippen LogP) is 5.06. The van der Waals surface area contributed by atoms with Crippen LogP contribution in [0.2, 0.25) is 0 Å². The van der Waals surface area contributed by atoms with E-state index in [4.69, 9.17) is 0 Å². The summed E-state index contributed by atoms with van der Waals surface area (Å²) in [5.74, 6) is 0. The van der Waals surface area contributed by atoms with Gasteiger partial charge in [-0.25, -0.2) is 4.79 Å². The van der Waals surface area contributed by atoms with Crippen LogP contribution in [0.25, 0.3) is 34.3 Å². The Morgan fingerprint density at radius 1 is 1.06 bits per heavy atom. The molecule has 0 atom stereocenters. The van der Waals surface area contributed by atoms with E-state index in [1.165, 1.54) is 5.57 Å². The first-order valence-electron chi connectivity index (χ1n) is 11.2. The molecule has 0 amide bonds. The predicted molar refractivity (Wildman–Crippen MR) is 133 cm³/mol. The average molecular weight is 448 g/mol. The van der Waals surface area contributed by atoms with Crippen molar-refractivity contribution in [1.29, 1.82) is 5.26 Å². The Morgan fingerprint density at radius 3 is 2.56 bits per heavy atom. The van der Waals surface area contributed by atoms with Gasteiger partial charge in [-0.3, -0.25) is 14.5 Å². The van der Waals surface area contributed by atoms with Gasteiger partial charge in [-0.2, -0.15) is 5.26 Å². The van der Waals surface area contributed by atoms with Gasteiger partial charge in [0.25, 0.3) is 0 Å². The zero-order valence-electron chi connectivity index (χ0n) is 19.7. The van der Waals surface area contributed by atoms with Crippen molar-refractivity contribution in [2.24, 2.45) is 7.05 Å². The molecule has 0 bridgehead atoms. The molecule has 168 valence electrons. The lowest BCUT2D eigenvalue weighted by Gasteiger charge is -2.16. The van der Waals surface area contributed by atoms with Crippen LogP contribution in [0.3, 0.4) is 0 Å². The van der Waals surface area contributed by atoms with Crippen molar-refractivity contribution < 1.29 is 0 Å². The summed E-state index contributed by atoms with van der Waals surface area (Å²) in [6.07, 6.45) is 8.55. The van der Waals surface area contributed by atoms with Gasteiger partial charge in [-0.05, 0) is 67.8 Å². The van der Waals surface area contributed by atoms with Gasteiger partial charge in [-0.15, -0.1) is 0 Å². The number of imidazole rings is 1. The summed E-state index contributed by atoms with van der Waals surface area (Å²) in [6.45, 7) is 5.87. The molecule has 5 rings (SSSR count). The fraction of sp³-hybridized carbons (Fsp3) is 0.214. The Balaban J connectivity index is 1.58. The highest BCUT2D eigenvalue weighted by Gasteiger charge is 2.21. The Labute approximate surface area is 198 Å². The first kappa shape index (κ1) is 21.6. The van der Waals surface area contributed by atoms with Gasteiger partial charge in [0.05, 0.1) is 34.3 Å². The molecule has 0 spiro atoms. The third kappa shape index (κ3) is 3.65. The second-order valence-corrected chi connectivity index (χ2v) is 9.38. The van der Waals surface area contributed by atoms with Gasteiger partial charge in [0, 0.05) is 37.6 Å². The van der Waals surface area contributed by atoms with E-state index in [0.717, 1.165) is 40.1 Å². The van der Waals surface area contributed by atoms with E-state index in [1.54, 1.807) is 28.6 Å². The second kappa shape index (κ2) is 7.96. The smallest absolute Gasteiger partial charge is 0.301 e. The monoisotopic (exact) mass is 447 g/mol. The number of benzene rings is 1. The lowest BCUT2D eigenvalue weighted by molar-refractivity contribution is 0.686. The lowest BCUT2D eigenvalue weighted by atomic mass is 9.86. The van der Waals surface area contributed by atoms with Gasteiger partial charge >= 0.3 is 5.69 Å². The number of nitrogens with zero attached hydrogens (tertiary/aromatic N) is 5. The van der Waals surface area contributed by atoms with E-state index in [9.17, 15) is 10.1 Å². The molecule has 1 aliphatic carbocycles. The number of hydrogen-bond acceptors (Lipinski definition) is 4. The zero-order valence-corrected chi connectivity index (χ0v) is 19.7. The van der Waals surface area contributed by atoms with E-state index < -0.39 is 5.41 Å². The molecule has 3 aromatic heterocycles. The minimum Gasteiger partial charge on any atom is -0.301 e. The molecule has 0 radical (unpaired) electrons. The molecule has 6 heteroatoms. The van der Waals surface area contributed by atoms with Crippen LogP contribution >= 0.6 is 0 Å². The summed E-state index contributed by atoms with van der Waals surface area (Å²) in [5.41, 5.74) is 7.85. The van der Waals surface area contributed by atoms with E-state index in [0.29, 0.717) is 11.4 Å².